The van der Waals surface area contributed by atoms with E-state index in [0.717, 1.165) is 0 Å². The van der Waals surface area contributed by atoms with Gasteiger partial charge in [-0.1, -0.05) is 12.1 Å². The van der Waals surface area contributed by atoms with Gasteiger partial charge in [-0.15, -0.1) is 0 Å². The number of carbonyl (C=O) groups is 2. The summed E-state index contributed by atoms with van der Waals surface area (Å²) in [6.45, 7) is 2.51. The Balaban J connectivity index is 1.68. The highest BCUT2D eigenvalue weighted by Crippen LogP contribution is 2.33. The smallest absolute Gasteiger partial charge is 0.308 e. The molecule has 1 saturated heterocycles. The van der Waals surface area contributed by atoms with Crippen LogP contribution in [0.5, 0.6) is 0 Å². The van der Waals surface area contributed by atoms with Gasteiger partial charge in [-0.25, -0.2) is 4.39 Å². The number of nitrogens with one attached hydrogen (secondary N) is 1. The maximum Gasteiger partial charge on any atom is 0.308 e. The van der Waals surface area contributed by atoms with Crippen LogP contribution in [-0.2, 0) is 16.6 Å². The van der Waals surface area contributed by atoms with Crippen LogP contribution in [0.25, 0.3) is 0 Å². The Morgan fingerprint density at radius 2 is 2.15 bits per heavy atom. The standard InChI is InChI=1S/C18H21FN4O3/c1-11-16(9-22(2)21-11)20-17(24)10-23-7-14(15(8-23)18(25)26)12-4-3-5-13(19)6-12/h3-6,9,14-15H,7-8,10H2,1-2H3,(H,20,24)(H,25,26)/t14-,15+/m0/s1. The van der Waals surface area contributed by atoms with Crippen LogP contribution in [0.3, 0.4) is 0 Å². The summed E-state index contributed by atoms with van der Waals surface area (Å²) in [5, 5.41) is 16.5. The molecule has 0 aliphatic carbocycles. The van der Waals surface area contributed by atoms with Gasteiger partial charge in [0, 0.05) is 32.3 Å². The van der Waals surface area contributed by atoms with E-state index in [-0.39, 0.29) is 24.9 Å². The van der Waals surface area contributed by atoms with Gasteiger partial charge in [-0.3, -0.25) is 19.2 Å². The number of amides is 1. The van der Waals surface area contributed by atoms with Gasteiger partial charge in [0.05, 0.1) is 23.8 Å². The molecule has 0 bridgehead atoms. The maximum atomic E-state index is 13.5. The minimum Gasteiger partial charge on any atom is -0.481 e. The molecule has 1 aliphatic heterocycles. The van der Waals surface area contributed by atoms with Crippen LogP contribution in [0.4, 0.5) is 10.1 Å². The highest BCUT2D eigenvalue weighted by Gasteiger charge is 2.39. The van der Waals surface area contributed by atoms with Crippen molar-refractivity contribution in [1.29, 1.82) is 0 Å². The Morgan fingerprint density at radius 1 is 1.38 bits per heavy atom. The van der Waals surface area contributed by atoms with Crippen molar-refractivity contribution in [2.24, 2.45) is 13.0 Å². The summed E-state index contributed by atoms with van der Waals surface area (Å²) in [4.78, 5) is 25.7. The molecular weight excluding hydrogens is 339 g/mol. The second-order valence-corrected chi connectivity index (χ2v) is 6.65. The van der Waals surface area contributed by atoms with Crippen molar-refractivity contribution in [3.05, 3.63) is 47.5 Å². The summed E-state index contributed by atoms with van der Waals surface area (Å²) < 4.78 is 15.1. The van der Waals surface area contributed by atoms with Gasteiger partial charge >= 0.3 is 5.97 Å². The summed E-state index contributed by atoms with van der Waals surface area (Å²) in [5.74, 6) is -2.59. The van der Waals surface area contributed by atoms with E-state index >= 15 is 0 Å². The van der Waals surface area contributed by atoms with Crippen molar-refractivity contribution >= 4 is 17.6 Å². The van der Waals surface area contributed by atoms with Crippen LogP contribution in [0.15, 0.2) is 30.5 Å². The first kappa shape index (κ1) is 18.1. The van der Waals surface area contributed by atoms with Crippen LogP contribution in [0.2, 0.25) is 0 Å². The molecule has 0 spiro atoms. The second kappa shape index (κ2) is 7.25. The Kier molecular flexibility index (Phi) is 5.03. The zero-order valence-electron chi connectivity index (χ0n) is 14.6. The zero-order chi connectivity index (χ0) is 18.8. The molecule has 1 aliphatic rings. The zero-order valence-corrected chi connectivity index (χ0v) is 14.6. The number of likely N-dealkylation sites (tertiary alicyclic amines) is 1. The van der Waals surface area contributed by atoms with Crippen molar-refractivity contribution in [3.8, 4) is 0 Å². The molecule has 7 nitrogen and oxygen atoms in total. The number of anilines is 1. The normalized spacial score (nSPS) is 20.3. The number of aliphatic carboxylic acids is 1. The number of hydrogen-bond donors (Lipinski definition) is 2. The largest absolute Gasteiger partial charge is 0.481 e. The summed E-state index contributed by atoms with van der Waals surface area (Å²) in [5.41, 5.74) is 1.99. The van der Waals surface area contributed by atoms with Gasteiger partial charge < -0.3 is 10.4 Å². The minimum atomic E-state index is -0.940. The third kappa shape index (κ3) is 3.91. The molecule has 2 atom stereocenters. The van der Waals surface area contributed by atoms with Crippen LogP contribution >= 0.6 is 0 Å². The first-order valence-electron chi connectivity index (χ1n) is 8.34. The first-order valence-corrected chi connectivity index (χ1v) is 8.34. The second-order valence-electron chi connectivity index (χ2n) is 6.65. The van der Waals surface area contributed by atoms with E-state index in [1.54, 1.807) is 41.9 Å². The van der Waals surface area contributed by atoms with Crippen molar-refractivity contribution in [2.45, 2.75) is 12.8 Å². The molecule has 8 heteroatoms. The minimum absolute atomic E-state index is 0.0733. The quantitative estimate of drug-likeness (QED) is 0.846. The van der Waals surface area contributed by atoms with E-state index in [4.69, 9.17) is 0 Å². The van der Waals surface area contributed by atoms with Gasteiger partial charge in [0.25, 0.3) is 0 Å². The van der Waals surface area contributed by atoms with Crippen molar-refractivity contribution < 1.29 is 19.1 Å². The van der Waals surface area contributed by atoms with Crippen LogP contribution in [-0.4, -0.2) is 51.3 Å². The van der Waals surface area contributed by atoms with E-state index < -0.39 is 17.7 Å². The lowest BCUT2D eigenvalue weighted by molar-refractivity contribution is -0.141. The van der Waals surface area contributed by atoms with Gasteiger partial charge in [-0.2, -0.15) is 5.10 Å². The number of hydrogen-bond acceptors (Lipinski definition) is 4. The van der Waals surface area contributed by atoms with Gasteiger partial charge in [0.2, 0.25) is 5.91 Å². The lowest BCUT2D eigenvalue weighted by Gasteiger charge is -2.16. The molecule has 2 N–H and O–H groups in total. The molecule has 2 aromatic rings. The van der Waals surface area contributed by atoms with Crippen molar-refractivity contribution in [3.63, 3.8) is 0 Å². The number of aromatic nitrogens is 2. The fraction of sp³-hybridized carbons (Fsp3) is 0.389. The summed E-state index contributed by atoms with van der Waals surface area (Å²) >= 11 is 0. The van der Waals surface area contributed by atoms with Crippen molar-refractivity contribution in [2.75, 3.05) is 25.0 Å². The number of halogens is 1. The molecule has 1 aromatic carbocycles. The van der Waals surface area contributed by atoms with Crippen LogP contribution < -0.4 is 5.32 Å². The predicted octanol–water partition coefficient (Wildman–Crippen LogP) is 1.61. The van der Waals surface area contributed by atoms with E-state index in [1.807, 2.05) is 0 Å². The molecule has 0 radical (unpaired) electrons. The molecule has 1 amide bonds. The Bertz CT molecular complexity index is 836. The lowest BCUT2D eigenvalue weighted by atomic mass is 9.89. The predicted molar refractivity (Wildman–Crippen MR) is 93.3 cm³/mol. The number of aryl methyl sites for hydroxylation is 2. The average molecular weight is 360 g/mol. The van der Waals surface area contributed by atoms with E-state index in [0.29, 0.717) is 23.5 Å². The third-order valence-electron chi connectivity index (χ3n) is 4.64. The summed E-state index contributed by atoms with van der Waals surface area (Å²) in [6, 6.07) is 6.00. The molecule has 0 saturated carbocycles. The van der Waals surface area contributed by atoms with Gasteiger partial charge in [-0.05, 0) is 24.6 Å². The van der Waals surface area contributed by atoms with E-state index in [1.165, 1.54) is 12.1 Å². The monoisotopic (exact) mass is 360 g/mol. The topological polar surface area (TPSA) is 87.5 Å². The molecule has 26 heavy (non-hydrogen) atoms. The summed E-state index contributed by atoms with van der Waals surface area (Å²) in [6.07, 6.45) is 1.72. The molecular formula is C18H21FN4O3. The maximum absolute atomic E-state index is 13.5. The van der Waals surface area contributed by atoms with Gasteiger partial charge in [0.15, 0.2) is 0 Å². The average Bonchev–Trinajstić information content (AvgIpc) is 3.11. The molecule has 138 valence electrons. The SMILES string of the molecule is Cc1nn(C)cc1NC(=O)CN1C[C@@H](C(=O)O)[C@H](c2cccc(F)c2)C1. The van der Waals surface area contributed by atoms with E-state index in [9.17, 15) is 19.1 Å². The number of carbonyl (C=O) groups excluding carboxylic acids is 1. The fourth-order valence-electron chi connectivity index (χ4n) is 3.45. The molecule has 3 rings (SSSR count). The number of carboxylic acid groups (broad SMARTS) is 1. The fourth-order valence-corrected chi connectivity index (χ4v) is 3.45. The van der Waals surface area contributed by atoms with Crippen LogP contribution in [0.1, 0.15) is 17.2 Å². The molecule has 1 aromatic heterocycles. The first-order chi connectivity index (χ1) is 12.3. The Labute approximate surface area is 150 Å². The molecule has 2 heterocycles. The number of benzene rings is 1. The summed E-state index contributed by atoms with van der Waals surface area (Å²) in [7, 11) is 1.77. The molecule has 1 fully saturated rings. The Morgan fingerprint density at radius 3 is 2.77 bits per heavy atom. The van der Waals surface area contributed by atoms with Gasteiger partial charge in [0.1, 0.15) is 5.82 Å². The Hall–Kier alpha value is -2.74. The number of rotatable bonds is 5. The van der Waals surface area contributed by atoms with Crippen molar-refractivity contribution in [1.82, 2.24) is 14.7 Å². The lowest BCUT2D eigenvalue weighted by Crippen LogP contribution is -2.32. The van der Waals surface area contributed by atoms with E-state index in [2.05, 4.69) is 10.4 Å². The molecule has 0 unspecified atom stereocenters. The third-order valence-corrected chi connectivity index (χ3v) is 4.64. The number of carboxylic acids is 1. The van der Waals surface area contributed by atoms with Crippen LogP contribution in [0, 0.1) is 18.7 Å². The highest BCUT2D eigenvalue weighted by atomic mass is 19.1. The highest BCUT2D eigenvalue weighted by molar-refractivity contribution is 5.92. The number of nitrogens with zero attached hydrogens (tertiary/aromatic N) is 3.